The van der Waals surface area contributed by atoms with Crippen LogP contribution in [-0.4, -0.2) is 42.8 Å². The molecule has 0 heterocycles. The van der Waals surface area contributed by atoms with Crippen molar-refractivity contribution in [1.29, 1.82) is 0 Å². The van der Waals surface area contributed by atoms with E-state index in [4.69, 9.17) is 10.2 Å². The first-order valence-corrected chi connectivity index (χ1v) is 6.19. The number of aliphatic hydroxyl groups excluding tert-OH is 2. The molecule has 13 heavy (non-hydrogen) atoms. The molecule has 80 valence electrons. The van der Waals surface area contributed by atoms with E-state index in [-0.39, 0.29) is 11.5 Å². The second-order valence-electron chi connectivity index (χ2n) is 3.63. The molecule has 0 radical (unpaired) electrons. The Morgan fingerprint density at radius 3 is 2.23 bits per heavy atom. The van der Waals surface area contributed by atoms with Crippen LogP contribution in [0.5, 0.6) is 0 Å². The topological polar surface area (TPSA) is 74.6 Å². The molecule has 0 spiro atoms. The van der Waals surface area contributed by atoms with Gasteiger partial charge in [0.1, 0.15) is 0 Å². The maximum Gasteiger partial charge on any atom is 0.152 e. The lowest BCUT2D eigenvalue weighted by molar-refractivity contribution is 0.112. The van der Waals surface area contributed by atoms with Crippen molar-refractivity contribution in [2.24, 2.45) is 5.92 Å². The fraction of sp³-hybridized carbons (Fsp3) is 1.00. The summed E-state index contributed by atoms with van der Waals surface area (Å²) in [7, 11) is -3.20. The maximum absolute atomic E-state index is 11.2. The molecule has 1 unspecified atom stereocenters. The summed E-state index contributed by atoms with van der Waals surface area (Å²) in [6, 6.07) is 0. The van der Waals surface area contributed by atoms with Crippen LogP contribution >= 0.6 is 0 Å². The van der Waals surface area contributed by atoms with Crippen molar-refractivity contribution in [3.63, 3.8) is 0 Å². The second kappa shape index (κ2) is 5.57. The predicted molar refractivity (Wildman–Crippen MR) is 51.2 cm³/mol. The predicted octanol–water partition coefficient (Wildman–Crippen LogP) is -0.199. The summed E-state index contributed by atoms with van der Waals surface area (Å²) in [6.07, 6.45) is -0.544. The minimum atomic E-state index is -3.20. The van der Waals surface area contributed by atoms with E-state index in [1.807, 2.05) is 13.8 Å². The highest BCUT2D eigenvalue weighted by Crippen LogP contribution is 2.04. The Morgan fingerprint density at radius 1 is 1.31 bits per heavy atom. The Hall–Kier alpha value is -0.130. The molecule has 0 aliphatic rings. The van der Waals surface area contributed by atoms with Gasteiger partial charge in [-0.1, -0.05) is 13.8 Å². The summed E-state index contributed by atoms with van der Waals surface area (Å²) >= 11 is 0. The van der Waals surface area contributed by atoms with Crippen molar-refractivity contribution in [3.05, 3.63) is 0 Å². The van der Waals surface area contributed by atoms with Crippen LogP contribution in [0.4, 0.5) is 0 Å². The molecule has 0 saturated heterocycles. The summed E-state index contributed by atoms with van der Waals surface area (Å²) in [5, 5.41) is 17.4. The summed E-state index contributed by atoms with van der Waals surface area (Å²) < 4.78 is 22.5. The third-order valence-corrected chi connectivity index (χ3v) is 3.41. The van der Waals surface area contributed by atoms with Crippen LogP contribution in [0, 0.1) is 5.92 Å². The SMILES string of the molecule is CC(C)CCS(=O)(=O)CC(O)CO. The zero-order chi connectivity index (χ0) is 10.5. The Kier molecular flexibility index (Phi) is 5.51. The van der Waals surface area contributed by atoms with E-state index >= 15 is 0 Å². The van der Waals surface area contributed by atoms with Gasteiger partial charge in [0.25, 0.3) is 0 Å². The van der Waals surface area contributed by atoms with Crippen LogP contribution in [0.1, 0.15) is 20.3 Å². The lowest BCUT2D eigenvalue weighted by Crippen LogP contribution is -2.26. The third-order valence-electron chi connectivity index (χ3n) is 1.66. The summed E-state index contributed by atoms with van der Waals surface area (Å²) in [5.74, 6) is 0.0823. The van der Waals surface area contributed by atoms with E-state index in [1.54, 1.807) is 0 Å². The van der Waals surface area contributed by atoms with Crippen molar-refractivity contribution < 1.29 is 18.6 Å². The van der Waals surface area contributed by atoms with Crippen LogP contribution in [0.2, 0.25) is 0 Å². The maximum atomic E-state index is 11.2. The van der Waals surface area contributed by atoms with Gasteiger partial charge in [0.05, 0.1) is 24.2 Å². The van der Waals surface area contributed by atoms with Gasteiger partial charge in [-0.05, 0) is 12.3 Å². The molecule has 5 heteroatoms. The highest BCUT2D eigenvalue weighted by molar-refractivity contribution is 7.91. The van der Waals surface area contributed by atoms with E-state index in [9.17, 15) is 8.42 Å². The summed E-state index contributed by atoms with van der Waals surface area (Å²) in [6.45, 7) is 3.39. The average molecular weight is 210 g/mol. The lowest BCUT2D eigenvalue weighted by atomic mass is 10.2. The zero-order valence-corrected chi connectivity index (χ0v) is 8.92. The molecule has 0 aliphatic carbocycles. The van der Waals surface area contributed by atoms with Gasteiger partial charge in [0, 0.05) is 0 Å². The molecule has 0 aliphatic heterocycles. The van der Waals surface area contributed by atoms with Gasteiger partial charge in [-0.2, -0.15) is 0 Å². The Bertz CT molecular complexity index is 220. The van der Waals surface area contributed by atoms with Gasteiger partial charge >= 0.3 is 0 Å². The Balaban J connectivity index is 3.95. The van der Waals surface area contributed by atoms with E-state index in [0.717, 1.165) is 0 Å². The lowest BCUT2D eigenvalue weighted by Gasteiger charge is -2.09. The molecule has 1 atom stereocenters. The first-order valence-electron chi connectivity index (χ1n) is 4.36. The second-order valence-corrected chi connectivity index (χ2v) is 5.86. The molecule has 0 aromatic heterocycles. The monoisotopic (exact) mass is 210 g/mol. The van der Waals surface area contributed by atoms with E-state index in [2.05, 4.69) is 0 Å². The van der Waals surface area contributed by atoms with Crippen LogP contribution in [-0.2, 0) is 9.84 Å². The fourth-order valence-corrected chi connectivity index (χ4v) is 2.53. The van der Waals surface area contributed by atoms with Crippen LogP contribution in [0.3, 0.4) is 0 Å². The molecule has 2 N–H and O–H groups in total. The summed E-state index contributed by atoms with van der Waals surface area (Å²) in [5.41, 5.74) is 0. The van der Waals surface area contributed by atoms with Crippen molar-refractivity contribution in [2.45, 2.75) is 26.4 Å². The van der Waals surface area contributed by atoms with Crippen molar-refractivity contribution >= 4 is 9.84 Å². The molecule has 0 aromatic carbocycles. The molecule has 0 rings (SSSR count). The highest BCUT2D eigenvalue weighted by atomic mass is 32.2. The van der Waals surface area contributed by atoms with Gasteiger partial charge in [0.15, 0.2) is 9.84 Å². The zero-order valence-electron chi connectivity index (χ0n) is 8.10. The van der Waals surface area contributed by atoms with Gasteiger partial charge in [0.2, 0.25) is 0 Å². The number of aliphatic hydroxyl groups is 2. The Morgan fingerprint density at radius 2 is 1.85 bits per heavy atom. The molecule has 0 amide bonds. The first-order chi connectivity index (χ1) is 5.87. The molecular formula is C8H18O4S. The van der Waals surface area contributed by atoms with Crippen molar-refractivity contribution in [1.82, 2.24) is 0 Å². The quantitative estimate of drug-likeness (QED) is 0.636. The minimum absolute atomic E-state index is 0.0850. The van der Waals surface area contributed by atoms with E-state index in [0.29, 0.717) is 12.3 Å². The van der Waals surface area contributed by atoms with E-state index < -0.39 is 22.5 Å². The summed E-state index contributed by atoms with van der Waals surface area (Å²) in [4.78, 5) is 0. The van der Waals surface area contributed by atoms with Crippen molar-refractivity contribution in [2.75, 3.05) is 18.1 Å². The number of rotatable bonds is 6. The molecule has 0 fully saturated rings. The van der Waals surface area contributed by atoms with Gasteiger partial charge in [-0.15, -0.1) is 0 Å². The molecule has 4 nitrogen and oxygen atoms in total. The third kappa shape index (κ3) is 6.98. The normalized spacial score (nSPS) is 14.8. The minimum Gasteiger partial charge on any atom is -0.394 e. The number of hydrogen-bond acceptors (Lipinski definition) is 4. The van der Waals surface area contributed by atoms with Gasteiger partial charge in [-0.25, -0.2) is 8.42 Å². The number of hydrogen-bond donors (Lipinski definition) is 2. The Labute approximate surface area is 79.5 Å². The first kappa shape index (κ1) is 12.9. The highest BCUT2D eigenvalue weighted by Gasteiger charge is 2.16. The standard InChI is InChI=1S/C8H18O4S/c1-7(2)3-4-13(11,12)6-8(10)5-9/h7-10H,3-6H2,1-2H3. The van der Waals surface area contributed by atoms with Crippen LogP contribution in [0.15, 0.2) is 0 Å². The largest absolute Gasteiger partial charge is 0.394 e. The molecule has 0 bridgehead atoms. The fourth-order valence-electron chi connectivity index (χ4n) is 0.844. The van der Waals surface area contributed by atoms with Crippen LogP contribution < -0.4 is 0 Å². The van der Waals surface area contributed by atoms with E-state index in [1.165, 1.54) is 0 Å². The molecule has 0 saturated carbocycles. The van der Waals surface area contributed by atoms with Crippen LogP contribution in [0.25, 0.3) is 0 Å². The van der Waals surface area contributed by atoms with Gasteiger partial charge in [-0.3, -0.25) is 0 Å². The average Bonchev–Trinajstić information content (AvgIpc) is 2.00. The molecular weight excluding hydrogens is 192 g/mol. The molecule has 0 aromatic rings. The number of sulfone groups is 1. The smallest absolute Gasteiger partial charge is 0.152 e. The van der Waals surface area contributed by atoms with Crippen molar-refractivity contribution in [3.8, 4) is 0 Å². The van der Waals surface area contributed by atoms with Gasteiger partial charge < -0.3 is 10.2 Å².